The van der Waals surface area contributed by atoms with Gasteiger partial charge < -0.3 is 9.47 Å². The molecule has 0 aromatic heterocycles. The minimum Gasteiger partial charge on any atom is -0.443 e. The highest BCUT2D eigenvalue weighted by atomic mass is 16.6. The molecule has 1 amide bonds. The lowest BCUT2D eigenvalue weighted by Gasteiger charge is -2.24. The number of ether oxygens (including phenoxy) is 2. The molecule has 0 unspecified atom stereocenters. The Kier molecular flexibility index (Phi) is 5.15. The van der Waals surface area contributed by atoms with Crippen LogP contribution in [-0.2, 0) is 14.3 Å². The average Bonchev–Trinajstić information content (AvgIpc) is 3.00. The number of carbonyl (C=O) groups excluding carboxylic acids is 2. The molecule has 0 radical (unpaired) electrons. The smallest absolute Gasteiger partial charge is 0.422 e. The number of ketones is 1. The van der Waals surface area contributed by atoms with Crippen LogP contribution in [0.25, 0.3) is 0 Å². The van der Waals surface area contributed by atoms with Crippen LogP contribution in [0.5, 0.6) is 0 Å². The van der Waals surface area contributed by atoms with E-state index in [-0.39, 0.29) is 5.78 Å². The van der Waals surface area contributed by atoms with E-state index in [1.807, 2.05) is 13.8 Å². The second-order valence-electron chi connectivity index (χ2n) is 6.84. The van der Waals surface area contributed by atoms with Crippen molar-refractivity contribution in [1.82, 2.24) is 10.9 Å². The molecule has 1 fully saturated rings. The highest BCUT2D eigenvalue weighted by molar-refractivity contribution is 5.93. The van der Waals surface area contributed by atoms with Gasteiger partial charge in [-0.1, -0.05) is 13.8 Å². The van der Waals surface area contributed by atoms with E-state index in [2.05, 4.69) is 10.9 Å². The molecule has 1 aliphatic rings. The molecule has 0 aliphatic carbocycles. The maximum Gasteiger partial charge on any atom is 0.422 e. The number of hydrazine groups is 1. The van der Waals surface area contributed by atoms with Gasteiger partial charge in [0.2, 0.25) is 0 Å². The molecule has 116 valence electrons. The fraction of sp³-hybridized carbons (Fsp3) is 0.857. The summed E-state index contributed by atoms with van der Waals surface area (Å²) < 4.78 is 10.3. The second kappa shape index (κ2) is 6.10. The van der Waals surface area contributed by atoms with Crippen LogP contribution >= 0.6 is 0 Å². The summed E-state index contributed by atoms with van der Waals surface area (Å²) in [5.74, 6) is 0.279. The quantitative estimate of drug-likeness (QED) is 0.575. The summed E-state index contributed by atoms with van der Waals surface area (Å²) in [6.45, 7) is 11.6. The molecular weight excluding hydrogens is 260 g/mol. The van der Waals surface area contributed by atoms with Crippen LogP contribution in [0.3, 0.4) is 0 Å². The predicted octanol–water partition coefficient (Wildman–Crippen LogP) is 1.79. The molecule has 0 aromatic rings. The topological polar surface area (TPSA) is 80.0 Å². The van der Waals surface area contributed by atoms with Crippen molar-refractivity contribution in [1.29, 1.82) is 0 Å². The lowest BCUT2D eigenvalue weighted by atomic mass is 9.94. The van der Waals surface area contributed by atoms with E-state index in [1.54, 1.807) is 27.7 Å². The summed E-state index contributed by atoms with van der Waals surface area (Å²) in [4.78, 5) is 23.9. The molecule has 20 heavy (non-hydrogen) atoms. The van der Waals surface area contributed by atoms with Gasteiger partial charge in [-0.05, 0) is 40.0 Å². The highest BCUT2D eigenvalue weighted by Crippen LogP contribution is 2.29. The Labute approximate surface area is 120 Å². The molecule has 1 aliphatic heterocycles. The van der Waals surface area contributed by atoms with Gasteiger partial charge in [0.25, 0.3) is 0 Å². The number of hydrogen-bond donors (Lipinski definition) is 2. The zero-order valence-corrected chi connectivity index (χ0v) is 13.2. The van der Waals surface area contributed by atoms with Gasteiger partial charge in [-0.2, -0.15) is 0 Å². The summed E-state index contributed by atoms with van der Waals surface area (Å²) >= 11 is 0. The Hall–Kier alpha value is -1.14. The van der Waals surface area contributed by atoms with Crippen LogP contribution in [0.1, 0.15) is 48.0 Å². The van der Waals surface area contributed by atoms with Gasteiger partial charge in [0.05, 0.1) is 12.6 Å². The maximum absolute atomic E-state index is 12.3. The standard InChI is InChI=1S/C14H26N2O4/c1-9(2)7-10(11(17)14(6)8-19-14)15-16-12(18)20-13(3,4)5/h9-10,15H,7-8H2,1-6H3,(H,16,18)/t10-,14+/m0/s1. The third kappa shape index (κ3) is 5.46. The van der Waals surface area contributed by atoms with E-state index in [1.165, 1.54) is 0 Å². The number of hydrogen-bond acceptors (Lipinski definition) is 5. The van der Waals surface area contributed by atoms with Crippen LogP contribution in [0.2, 0.25) is 0 Å². The Bertz CT molecular complexity index is 370. The summed E-state index contributed by atoms with van der Waals surface area (Å²) in [7, 11) is 0. The van der Waals surface area contributed by atoms with Crippen molar-refractivity contribution >= 4 is 11.9 Å². The summed E-state index contributed by atoms with van der Waals surface area (Å²) in [5, 5.41) is 0. The second-order valence-corrected chi connectivity index (χ2v) is 6.84. The Morgan fingerprint density at radius 2 is 1.90 bits per heavy atom. The minimum atomic E-state index is -0.706. The largest absolute Gasteiger partial charge is 0.443 e. The predicted molar refractivity (Wildman–Crippen MR) is 75.1 cm³/mol. The lowest BCUT2D eigenvalue weighted by Crippen LogP contribution is -2.52. The average molecular weight is 286 g/mol. The number of Topliss-reactive ketones (excluding diaryl/α,β-unsaturated/α-hetero) is 1. The third-order valence-corrected chi connectivity index (χ3v) is 2.87. The molecule has 6 nitrogen and oxygen atoms in total. The van der Waals surface area contributed by atoms with Crippen LogP contribution in [0.15, 0.2) is 0 Å². The molecule has 0 aromatic carbocycles. The van der Waals surface area contributed by atoms with E-state index >= 15 is 0 Å². The van der Waals surface area contributed by atoms with E-state index in [0.29, 0.717) is 18.9 Å². The van der Waals surface area contributed by atoms with Gasteiger partial charge in [-0.15, -0.1) is 0 Å². The summed E-state index contributed by atoms with van der Waals surface area (Å²) in [6, 6.07) is -0.477. The first-order valence-electron chi connectivity index (χ1n) is 6.96. The number of epoxide rings is 1. The molecular formula is C14H26N2O4. The molecule has 0 spiro atoms. The molecule has 6 heteroatoms. The molecule has 1 heterocycles. The Morgan fingerprint density at radius 3 is 2.30 bits per heavy atom. The normalized spacial score (nSPS) is 23.4. The summed E-state index contributed by atoms with van der Waals surface area (Å²) in [5.41, 5.74) is 3.92. The number of amides is 1. The minimum absolute atomic E-state index is 0.0396. The fourth-order valence-corrected chi connectivity index (χ4v) is 1.77. The molecule has 1 saturated heterocycles. The zero-order chi connectivity index (χ0) is 15.6. The number of nitrogens with one attached hydrogen (secondary N) is 2. The van der Waals surface area contributed by atoms with E-state index in [4.69, 9.17) is 9.47 Å². The van der Waals surface area contributed by atoms with Crippen molar-refractivity contribution < 1.29 is 19.1 Å². The van der Waals surface area contributed by atoms with Gasteiger partial charge in [0, 0.05) is 0 Å². The molecule has 0 bridgehead atoms. The highest BCUT2D eigenvalue weighted by Gasteiger charge is 2.49. The fourth-order valence-electron chi connectivity index (χ4n) is 1.77. The zero-order valence-electron chi connectivity index (χ0n) is 13.2. The molecule has 1 rings (SSSR count). The van der Waals surface area contributed by atoms with E-state index < -0.39 is 23.3 Å². The molecule has 2 atom stereocenters. The van der Waals surface area contributed by atoms with Crippen molar-refractivity contribution in [2.75, 3.05) is 6.61 Å². The first kappa shape index (κ1) is 16.9. The number of rotatable bonds is 6. The van der Waals surface area contributed by atoms with Crippen molar-refractivity contribution in [2.45, 2.75) is 65.2 Å². The van der Waals surface area contributed by atoms with Crippen LogP contribution < -0.4 is 10.9 Å². The Balaban J connectivity index is 2.53. The van der Waals surface area contributed by atoms with Gasteiger partial charge >= 0.3 is 6.09 Å². The van der Waals surface area contributed by atoms with Crippen molar-refractivity contribution in [3.05, 3.63) is 0 Å². The number of carbonyl (C=O) groups is 2. The van der Waals surface area contributed by atoms with E-state index in [0.717, 1.165) is 0 Å². The first-order valence-corrected chi connectivity index (χ1v) is 6.96. The van der Waals surface area contributed by atoms with Gasteiger partial charge in [0.15, 0.2) is 5.78 Å². The van der Waals surface area contributed by atoms with E-state index in [9.17, 15) is 9.59 Å². The third-order valence-electron chi connectivity index (χ3n) is 2.87. The van der Waals surface area contributed by atoms with Gasteiger partial charge in [-0.3, -0.25) is 10.2 Å². The monoisotopic (exact) mass is 286 g/mol. The van der Waals surface area contributed by atoms with Crippen LogP contribution in [0.4, 0.5) is 4.79 Å². The maximum atomic E-state index is 12.3. The van der Waals surface area contributed by atoms with Crippen LogP contribution in [0, 0.1) is 5.92 Å². The van der Waals surface area contributed by atoms with Crippen LogP contribution in [-0.4, -0.2) is 35.7 Å². The Morgan fingerprint density at radius 1 is 1.35 bits per heavy atom. The SMILES string of the molecule is CC(C)C[C@H](NNC(=O)OC(C)(C)C)C(=O)[C@@]1(C)CO1. The lowest BCUT2D eigenvalue weighted by molar-refractivity contribution is -0.126. The molecule has 2 N–H and O–H groups in total. The van der Waals surface area contributed by atoms with Gasteiger partial charge in [-0.25, -0.2) is 10.2 Å². The van der Waals surface area contributed by atoms with Gasteiger partial charge in [0.1, 0.15) is 11.2 Å². The first-order chi connectivity index (χ1) is 9.03. The summed E-state index contributed by atoms with van der Waals surface area (Å²) in [6.07, 6.45) is 0.0223. The van der Waals surface area contributed by atoms with Crippen molar-refractivity contribution in [3.63, 3.8) is 0 Å². The molecule has 0 saturated carbocycles. The van der Waals surface area contributed by atoms with Crippen molar-refractivity contribution in [3.8, 4) is 0 Å². The van der Waals surface area contributed by atoms with Crippen molar-refractivity contribution in [2.24, 2.45) is 5.92 Å².